The summed E-state index contributed by atoms with van der Waals surface area (Å²) in [5, 5.41) is 8.42. The smallest absolute Gasteiger partial charge is 0.180 e. The largest absolute Gasteiger partial charge is 0.250 e. The first-order valence-electron chi connectivity index (χ1n) is 4.35. The highest BCUT2D eigenvalue weighted by Gasteiger charge is 2.13. The molecule has 3 nitrogen and oxygen atoms in total. The van der Waals surface area contributed by atoms with Crippen molar-refractivity contribution < 1.29 is 12.8 Å². The molecule has 0 spiro atoms. The summed E-state index contributed by atoms with van der Waals surface area (Å²) < 4.78 is 34.7. The highest BCUT2D eigenvalue weighted by molar-refractivity contribution is 7.91. The number of hydrogen-bond acceptors (Lipinski definition) is 3. The SMILES string of the molecule is N#CCc1ccc(S(=O)(=O)CCF)cc1. The lowest BCUT2D eigenvalue weighted by atomic mass is 10.2. The first-order valence-corrected chi connectivity index (χ1v) is 6.00. The van der Waals surface area contributed by atoms with Gasteiger partial charge < -0.3 is 0 Å². The zero-order chi connectivity index (χ0) is 11.3. The van der Waals surface area contributed by atoms with Crippen LogP contribution in [0.3, 0.4) is 0 Å². The van der Waals surface area contributed by atoms with Crippen molar-refractivity contribution in [2.75, 3.05) is 12.4 Å². The van der Waals surface area contributed by atoms with Crippen LogP contribution in [0, 0.1) is 11.3 Å². The normalized spacial score (nSPS) is 10.9. The van der Waals surface area contributed by atoms with Gasteiger partial charge in [0.2, 0.25) is 0 Å². The lowest BCUT2D eigenvalue weighted by molar-refractivity contribution is 0.517. The van der Waals surface area contributed by atoms with Gasteiger partial charge in [-0.15, -0.1) is 0 Å². The third kappa shape index (κ3) is 3.03. The average Bonchev–Trinajstić information content (AvgIpc) is 2.19. The molecule has 0 unspecified atom stereocenters. The summed E-state index contributed by atoms with van der Waals surface area (Å²) in [6, 6.07) is 7.89. The van der Waals surface area contributed by atoms with Crippen LogP contribution in [0.25, 0.3) is 0 Å². The molecule has 0 aliphatic rings. The second-order valence-electron chi connectivity index (χ2n) is 2.99. The van der Waals surface area contributed by atoms with Crippen molar-refractivity contribution in [3.8, 4) is 6.07 Å². The van der Waals surface area contributed by atoms with Crippen molar-refractivity contribution in [2.24, 2.45) is 0 Å². The molecule has 1 aromatic carbocycles. The Balaban J connectivity index is 2.95. The van der Waals surface area contributed by atoms with E-state index in [1.165, 1.54) is 12.1 Å². The monoisotopic (exact) mass is 227 g/mol. The zero-order valence-electron chi connectivity index (χ0n) is 7.98. The van der Waals surface area contributed by atoms with E-state index in [4.69, 9.17) is 5.26 Å². The molecule has 0 saturated carbocycles. The van der Waals surface area contributed by atoms with Crippen LogP contribution < -0.4 is 0 Å². The fraction of sp³-hybridized carbons (Fsp3) is 0.300. The minimum absolute atomic E-state index is 0.0989. The number of rotatable bonds is 4. The lowest BCUT2D eigenvalue weighted by Crippen LogP contribution is -2.08. The van der Waals surface area contributed by atoms with Gasteiger partial charge in [-0.3, -0.25) is 0 Å². The van der Waals surface area contributed by atoms with E-state index in [0.29, 0.717) is 0 Å². The van der Waals surface area contributed by atoms with Gasteiger partial charge in [-0.1, -0.05) is 12.1 Å². The molecule has 0 fully saturated rings. The van der Waals surface area contributed by atoms with E-state index >= 15 is 0 Å². The number of alkyl halides is 1. The summed E-state index contributed by atoms with van der Waals surface area (Å²) in [6.45, 7) is -0.887. The fourth-order valence-corrected chi connectivity index (χ4v) is 2.11. The topological polar surface area (TPSA) is 57.9 Å². The maximum Gasteiger partial charge on any atom is 0.180 e. The molecule has 0 amide bonds. The maximum atomic E-state index is 12.0. The molecule has 0 aliphatic carbocycles. The predicted molar refractivity (Wildman–Crippen MR) is 53.8 cm³/mol. The quantitative estimate of drug-likeness (QED) is 0.783. The molecule has 1 aromatic rings. The molecule has 0 aliphatic heterocycles. The Labute approximate surface area is 88.1 Å². The van der Waals surface area contributed by atoms with Crippen molar-refractivity contribution in [1.82, 2.24) is 0 Å². The van der Waals surface area contributed by atoms with Gasteiger partial charge in [-0.25, -0.2) is 12.8 Å². The van der Waals surface area contributed by atoms with Gasteiger partial charge in [0.25, 0.3) is 0 Å². The Morgan fingerprint density at radius 3 is 2.33 bits per heavy atom. The Morgan fingerprint density at radius 1 is 1.27 bits per heavy atom. The molecule has 0 saturated heterocycles. The fourth-order valence-electron chi connectivity index (χ4n) is 1.13. The Hall–Kier alpha value is -1.41. The third-order valence-corrected chi connectivity index (χ3v) is 3.59. The second-order valence-corrected chi connectivity index (χ2v) is 5.10. The van der Waals surface area contributed by atoms with Crippen LogP contribution in [-0.2, 0) is 16.3 Å². The van der Waals surface area contributed by atoms with Crippen LogP contribution in [0.15, 0.2) is 29.2 Å². The van der Waals surface area contributed by atoms with Crippen LogP contribution in [0.5, 0.6) is 0 Å². The van der Waals surface area contributed by atoms with Crippen molar-refractivity contribution in [2.45, 2.75) is 11.3 Å². The molecule has 0 N–H and O–H groups in total. The first-order chi connectivity index (χ1) is 7.10. The van der Waals surface area contributed by atoms with Crippen molar-refractivity contribution in [3.63, 3.8) is 0 Å². The predicted octanol–water partition coefficient (Wildman–Crippen LogP) is 1.50. The molecule has 80 valence electrons. The van der Waals surface area contributed by atoms with E-state index in [1.807, 2.05) is 6.07 Å². The number of hydrogen-bond donors (Lipinski definition) is 0. The molecule has 0 bridgehead atoms. The molecular weight excluding hydrogens is 217 g/mol. The molecule has 0 aromatic heterocycles. The van der Waals surface area contributed by atoms with Crippen molar-refractivity contribution >= 4 is 9.84 Å². The van der Waals surface area contributed by atoms with E-state index in [0.717, 1.165) is 5.56 Å². The molecule has 5 heteroatoms. The molecule has 1 rings (SSSR count). The molecular formula is C10H10FNO2S. The van der Waals surface area contributed by atoms with Gasteiger partial charge in [0.15, 0.2) is 9.84 Å². The number of sulfone groups is 1. The third-order valence-electron chi connectivity index (χ3n) is 1.91. The molecule has 0 radical (unpaired) electrons. The van der Waals surface area contributed by atoms with Gasteiger partial charge in [0.05, 0.1) is 23.1 Å². The first kappa shape index (κ1) is 11.7. The van der Waals surface area contributed by atoms with E-state index < -0.39 is 22.3 Å². The van der Waals surface area contributed by atoms with Crippen LogP contribution in [0.1, 0.15) is 5.56 Å². The van der Waals surface area contributed by atoms with E-state index in [9.17, 15) is 12.8 Å². The van der Waals surface area contributed by atoms with Crippen LogP contribution in [0.4, 0.5) is 4.39 Å². The van der Waals surface area contributed by atoms with Crippen LogP contribution in [0.2, 0.25) is 0 Å². The number of benzene rings is 1. The average molecular weight is 227 g/mol. The van der Waals surface area contributed by atoms with Gasteiger partial charge in [0, 0.05) is 0 Å². The minimum atomic E-state index is -3.50. The van der Waals surface area contributed by atoms with Gasteiger partial charge in [0.1, 0.15) is 6.67 Å². The maximum absolute atomic E-state index is 12.0. The highest BCUT2D eigenvalue weighted by atomic mass is 32.2. The summed E-state index contributed by atoms with van der Waals surface area (Å²) in [5.41, 5.74) is 0.747. The number of nitrogens with zero attached hydrogens (tertiary/aromatic N) is 1. The Kier molecular flexibility index (Phi) is 3.81. The van der Waals surface area contributed by atoms with Gasteiger partial charge in [-0.05, 0) is 17.7 Å². The van der Waals surface area contributed by atoms with Crippen molar-refractivity contribution in [3.05, 3.63) is 29.8 Å². The van der Waals surface area contributed by atoms with Crippen LogP contribution in [-0.4, -0.2) is 20.8 Å². The van der Waals surface area contributed by atoms with Gasteiger partial charge >= 0.3 is 0 Å². The van der Waals surface area contributed by atoms with Crippen LogP contribution >= 0.6 is 0 Å². The summed E-state index contributed by atoms with van der Waals surface area (Å²) >= 11 is 0. The number of nitriles is 1. The minimum Gasteiger partial charge on any atom is -0.250 e. The van der Waals surface area contributed by atoms with E-state index in [-0.39, 0.29) is 11.3 Å². The summed E-state index contributed by atoms with van der Waals surface area (Å²) in [6.07, 6.45) is 0.240. The van der Waals surface area contributed by atoms with E-state index in [1.54, 1.807) is 12.1 Å². The summed E-state index contributed by atoms with van der Waals surface area (Å²) in [7, 11) is -3.50. The zero-order valence-corrected chi connectivity index (χ0v) is 8.80. The highest BCUT2D eigenvalue weighted by Crippen LogP contribution is 2.12. The standard InChI is InChI=1S/C10H10FNO2S/c11-6-8-15(13,14)10-3-1-9(2-4-10)5-7-12/h1-4H,5-6,8H2. The molecule has 15 heavy (non-hydrogen) atoms. The second kappa shape index (κ2) is 4.89. The lowest BCUT2D eigenvalue weighted by Gasteiger charge is -2.02. The molecule has 0 heterocycles. The Bertz CT molecular complexity index is 459. The number of halogens is 1. The Morgan fingerprint density at radius 2 is 1.87 bits per heavy atom. The molecule has 0 atom stereocenters. The van der Waals surface area contributed by atoms with E-state index in [2.05, 4.69) is 0 Å². The van der Waals surface area contributed by atoms with Gasteiger partial charge in [-0.2, -0.15) is 5.26 Å². The summed E-state index contributed by atoms with van der Waals surface area (Å²) in [4.78, 5) is 0.0989. The van der Waals surface area contributed by atoms with Crippen molar-refractivity contribution in [1.29, 1.82) is 5.26 Å². The summed E-state index contributed by atoms with van der Waals surface area (Å²) in [5.74, 6) is -0.495.